The van der Waals surface area contributed by atoms with Gasteiger partial charge in [-0.15, -0.1) is 0 Å². The van der Waals surface area contributed by atoms with E-state index in [1.54, 1.807) is 35.0 Å². The van der Waals surface area contributed by atoms with Gasteiger partial charge >= 0.3 is 0 Å². The summed E-state index contributed by atoms with van der Waals surface area (Å²) in [6.45, 7) is 4.57. The highest BCUT2D eigenvalue weighted by Gasteiger charge is 2.15. The van der Waals surface area contributed by atoms with E-state index in [1.165, 1.54) is 0 Å². The summed E-state index contributed by atoms with van der Waals surface area (Å²) in [4.78, 5) is 24.7. The Labute approximate surface area is 122 Å². The molecule has 0 aliphatic rings. The third-order valence-electron chi connectivity index (χ3n) is 3.21. The molecule has 1 aromatic heterocycles. The van der Waals surface area contributed by atoms with E-state index in [-0.39, 0.29) is 23.6 Å². The highest BCUT2D eigenvalue weighted by atomic mass is 16.1. The second kappa shape index (κ2) is 5.91. The van der Waals surface area contributed by atoms with Crippen molar-refractivity contribution in [1.29, 1.82) is 5.41 Å². The van der Waals surface area contributed by atoms with Crippen LogP contribution in [0.25, 0.3) is 10.8 Å². The van der Waals surface area contributed by atoms with E-state index in [2.05, 4.69) is 0 Å². The maximum Gasteiger partial charge on any atom is 0.258 e. The van der Waals surface area contributed by atoms with Crippen LogP contribution in [0.5, 0.6) is 0 Å². The molecule has 0 fully saturated rings. The Bertz CT molecular complexity index is 760. The lowest BCUT2D eigenvalue weighted by molar-refractivity contribution is 0.100. The van der Waals surface area contributed by atoms with Crippen molar-refractivity contribution in [3.8, 4) is 0 Å². The number of carbonyl (C=O) groups excluding carboxylic acids is 1. The molecule has 2 rings (SSSR count). The number of hydrogen-bond acceptors (Lipinski definition) is 3. The quantitative estimate of drug-likeness (QED) is 0.501. The standard InChI is InChI=1S/C16H19N3O2/c1-10(2)8-19-9-13(14(20)7-15(17)18)11-5-3-4-6-12(11)16(19)21/h3-6,9-10H,7-8H2,1-2H3,(H3,17,18). The SMILES string of the molecule is CC(C)Cn1cc(C(=O)CC(=N)N)c2ccccc2c1=O. The Hall–Kier alpha value is -2.43. The zero-order valence-corrected chi connectivity index (χ0v) is 12.2. The van der Waals surface area contributed by atoms with Crippen LogP contribution in [0.3, 0.4) is 0 Å². The van der Waals surface area contributed by atoms with Gasteiger partial charge < -0.3 is 10.3 Å². The number of pyridine rings is 1. The van der Waals surface area contributed by atoms with E-state index in [0.29, 0.717) is 28.8 Å². The van der Waals surface area contributed by atoms with Gasteiger partial charge in [0.15, 0.2) is 5.78 Å². The first-order valence-corrected chi connectivity index (χ1v) is 6.88. The lowest BCUT2D eigenvalue weighted by atomic mass is 10.0. The summed E-state index contributed by atoms with van der Waals surface area (Å²) in [6, 6.07) is 7.05. The maximum absolute atomic E-state index is 12.4. The van der Waals surface area contributed by atoms with Crippen LogP contribution < -0.4 is 11.3 Å². The van der Waals surface area contributed by atoms with Crippen LogP contribution >= 0.6 is 0 Å². The molecule has 0 unspecified atom stereocenters. The first-order valence-electron chi connectivity index (χ1n) is 6.88. The van der Waals surface area contributed by atoms with Gasteiger partial charge in [0, 0.05) is 23.7 Å². The second-order valence-corrected chi connectivity index (χ2v) is 5.56. The van der Waals surface area contributed by atoms with Gasteiger partial charge in [0.25, 0.3) is 5.56 Å². The van der Waals surface area contributed by atoms with Crippen molar-refractivity contribution in [3.05, 3.63) is 46.4 Å². The number of aromatic nitrogens is 1. The van der Waals surface area contributed by atoms with Crippen LogP contribution in [0.1, 0.15) is 30.6 Å². The highest BCUT2D eigenvalue weighted by Crippen LogP contribution is 2.17. The number of rotatable bonds is 5. The van der Waals surface area contributed by atoms with Crippen LogP contribution in [0.4, 0.5) is 0 Å². The Morgan fingerprint density at radius 2 is 1.90 bits per heavy atom. The Balaban J connectivity index is 2.68. The van der Waals surface area contributed by atoms with Crippen molar-refractivity contribution in [3.63, 3.8) is 0 Å². The number of Topliss-reactive ketones (excluding diaryl/α,β-unsaturated/α-hetero) is 1. The molecule has 5 heteroatoms. The predicted molar refractivity (Wildman–Crippen MR) is 83.9 cm³/mol. The van der Waals surface area contributed by atoms with Gasteiger partial charge in [0.2, 0.25) is 0 Å². The fourth-order valence-electron chi connectivity index (χ4n) is 2.36. The number of nitrogens with two attached hydrogens (primary N) is 1. The number of ketones is 1. The molecule has 0 saturated carbocycles. The third-order valence-corrected chi connectivity index (χ3v) is 3.21. The third kappa shape index (κ3) is 3.18. The highest BCUT2D eigenvalue weighted by molar-refractivity contribution is 6.14. The summed E-state index contributed by atoms with van der Waals surface area (Å²) in [5.74, 6) is -0.124. The van der Waals surface area contributed by atoms with Crippen LogP contribution in [-0.4, -0.2) is 16.2 Å². The molecule has 5 nitrogen and oxygen atoms in total. The molecule has 3 N–H and O–H groups in total. The van der Waals surface area contributed by atoms with Crippen LogP contribution in [0, 0.1) is 11.3 Å². The fraction of sp³-hybridized carbons (Fsp3) is 0.312. The van der Waals surface area contributed by atoms with Crippen molar-refractivity contribution >= 4 is 22.4 Å². The Morgan fingerprint density at radius 1 is 1.29 bits per heavy atom. The zero-order valence-electron chi connectivity index (χ0n) is 12.2. The molecule has 0 aliphatic carbocycles. The van der Waals surface area contributed by atoms with Crippen LogP contribution in [-0.2, 0) is 6.54 Å². The molecule has 0 aliphatic heterocycles. The average molecular weight is 285 g/mol. The topological polar surface area (TPSA) is 88.9 Å². The number of carbonyl (C=O) groups is 1. The van der Waals surface area contributed by atoms with E-state index in [1.807, 2.05) is 13.8 Å². The van der Waals surface area contributed by atoms with E-state index in [0.717, 1.165) is 0 Å². The molecule has 1 heterocycles. The molecule has 0 radical (unpaired) electrons. The minimum Gasteiger partial charge on any atom is -0.387 e. The summed E-state index contributed by atoms with van der Waals surface area (Å²) in [5.41, 5.74) is 5.66. The largest absolute Gasteiger partial charge is 0.387 e. The number of nitrogens with one attached hydrogen (secondary N) is 1. The maximum atomic E-state index is 12.4. The molecule has 21 heavy (non-hydrogen) atoms. The molecule has 0 atom stereocenters. The van der Waals surface area contributed by atoms with Crippen LogP contribution in [0.15, 0.2) is 35.3 Å². The number of hydrogen-bond donors (Lipinski definition) is 2. The van der Waals surface area contributed by atoms with Gasteiger partial charge in [-0.3, -0.25) is 15.0 Å². The summed E-state index contributed by atoms with van der Waals surface area (Å²) in [6.07, 6.45) is 1.46. The van der Waals surface area contributed by atoms with E-state index in [9.17, 15) is 9.59 Å². The van der Waals surface area contributed by atoms with E-state index in [4.69, 9.17) is 11.1 Å². The summed E-state index contributed by atoms with van der Waals surface area (Å²) in [5, 5.41) is 8.42. The van der Waals surface area contributed by atoms with Crippen molar-refractivity contribution in [1.82, 2.24) is 4.57 Å². The van der Waals surface area contributed by atoms with Crippen LogP contribution in [0.2, 0.25) is 0 Å². The van der Waals surface area contributed by atoms with Gasteiger partial charge in [-0.25, -0.2) is 0 Å². The van der Waals surface area contributed by atoms with Gasteiger partial charge in [-0.2, -0.15) is 0 Å². The second-order valence-electron chi connectivity index (χ2n) is 5.56. The van der Waals surface area contributed by atoms with Crippen molar-refractivity contribution in [2.24, 2.45) is 11.7 Å². The number of amidine groups is 1. The van der Waals surface area contributed by atoms with E-state index >= 15 is 0 Å². The normalized spacial score (nSPS) is 11.0. The van der Waals surface area contributed by atoms with Gasteiger partial charge in [-0.1, -0.05) is 32.0 Å². The summed E-state index contributed by atoms with van der Waals surface area (Å²) >= 11 is 0. The zero-order chi connectivity index (χ0) is 15.6. The predicted octanol–water partition coefficient (Wildman–Crippen LogP) is 2.17. The van der Waals surface area contributed by atoms with Gasteiger partial charge in [0.05, 0.1) is 12.3 Å². The smallest absolute Gasteiger partial charge is 0.258 e. The molecule has 110 valence electrons. The minimum atomic E-state index is -0.240. The van der Waals surface area contributed by atoms with Crippen molar-refractivity contribution in [2.45, 2.75) is 26.8 Å². The van der Waals surface area contributed by atoms with Gasteiger partial charge in [0.1, 0.15) is 0 Å². The molecule has 0 spiro atoms. The molecular weight excluding hydrogens is 266 g/mol. The Kier molecular flexibility index (Phi) is 4.21. The summed E-state index contributed by atoms with van der Waals surface area (Å²) in [7, 11) is 0. The monoisotopic (exact) mass is 285 g/mol. The minimum absolute atomic E-state index is 0.0984. The number of nitrogens with zero attached hydrogens (tertiary/aromatic N) is 1. The lowest BCUT2D eigenvalue weighted by Gasteiger charge is -2.13. The molecule has 2 aromatic rings. The molecule has 0 amide bonds. The fourth-order valence-corrected chi connectivity index (χ4v) is 2.36. The van der Waals surface area contributed by atoms with Crippen molar-refractivity contribution in [2.75, 3.05) is 0 Å². The molecule has 0 bridgehead atoms. The Morgan fingerprint density at radius 3 is 2.48 bits per heavy atom. The molecule has 1 aromatic carbocycles. The first-order chi connectivity index (χ1) is 9.90. The molecule has 0 saturated heterocycles. The van der Waals surface area contributed by atoms with E-state index < -0.39 is 0 Å². The number of benzene rings is 1. The lowest BCUT2D eigenvalue weighted by Crippen LogP contribution is -2.25. The summed E-state index contributed by atoms with van der Waals surface area (Å²) < 4.78 is 1.57. The number of fused-ring (bicyclic) bond motifs is 1. The van der Waals surface area contributed by atoms with Crippen molar-refractivity contribution < 1.29 is 4.79 Å². The first kappa shape index (κ1) is 15.0. The van der Waals surface area contributed by atoms with Gasteiger partial charge in [-0.05, 0) is 17.4 Å². The average Bonchev–Trinajstić information content (AvgIpc) is 2.40. The molecular formula is C16H19N3O2.